The number of hydrogen-bond donors (Lipinski definition) is 1. The second-order valence-corrected chi connectivity index (χ2v) is 4.15. The number of aliphatic hydroxyl groups is 1. The lowest BCUT2D eigenvalue weighted by atomic mass is 9.94. The number of benzene rings is 1. The first kappa shape index (κ1) is 9.53. The maximum atomic E-state index is 9.40. The second kappa shape index (κ2) is 3.28. The van der Waals surface area contributed by atoms with Crippen LogP contribution in [0.4, 0.5) is 0 Å². The molecule has 1 aliphatic rings. The zero-order valence-corrected chi connectivity index (χ0v) is 8.66. The molecule has 0 bridgehead atoms. The van der Waals surface area contributed by atoms with Gasteiger partial charge >= 0.3 is 0 Å². The fourth-order valence-electron chi connectivity index (χ4n) is 2.13. The molecule has 0 aliphatic heterocycles. The van der Waals surface area contributed by atoms with Crippen molar-refractivity contribution in [3.8, 4) is 5.75 Å². The van der Waals surface area contributed by atoms with Gasteiger partial charge in [-0.3, -0.25) is 0 Å². The zero-order chi connectivity index (χ0) is 10.2. The van der Waals surface area contributed by atoms with E-state index in [1.165, 1.54) is 5.56 Å². The summed E-state index contributed by atoms with van der Waals surface area (Å²) in [4.78, 5) is 0. The Morgan fingerprint density at radius 1 is 1.57 bits per heavy atom. The van der Waals surface area contributed by atoms with E-state index in [1.54, 1.807) is 7.11 Å². The van der Waals surface area contributed by atoms with Crippen molar-refractivity contribution in [1.82, 2.24) is 0 Å². The molecular formula is C12H16O2. The molecule has 0 heterocycles. The standard InChI is InChI=1S/C12H16O2/c1-9-7-12(9,8-13)10-4-3-5-11(6-10)14-2/h3-6,9,13H,7-8H2,1-2H3. The van der Waals surface area contributed by atoms with Crippen molar-refractivity contribution in [2.24, 2.45) is 5.92 Å². The molecule has 1 aromatic rings. The fraction of sp³-hybridized carbons (Fsp3) is 0.500. The van der Waals surface area contributed by atoms with Gasteiger partial charge in [0.2, 0.25) is 0 Å². The Bertz CT molecular complexity index is 331. The quantitative estimate of drug-likeness (QED) is 0.793. The van der Waals surface area contributed by atoms with E-state index >= 15 is 0 Å². The first-order valence-electron chi connectivity index (χ1n) is 4.98. The molecule has 0 amide bonds. The highest BCUT2D eigenvalue weighted by atomic mass is 16.5. The van der Waals surface area contributed by atoms with Crippen LogP contribution >= 0.6 is 0 Å². The minimum Gasteiger partial charge on any atom is -0.497 e. The lowest BCUT2D eigenvalue weighted by molar-refractivity contribution is 0.247. The summed E-state index contributed by atoms with van der Waals surface area (Å²) in [5.74, 6) is 1.45. The van der Waals surface area contributed by atoms with Gasteiger partial charge in [-0.05, 0) is 30.0 Å². The smallest absolute Gasteiger partial charge is 0.119 e. The first-order chi connectivity index (χ1) is 6.73. The minimum atomic E-state index is 0.00847. The Hall–Kier alpha value is -1.02. The van der Waals surface area contributed by atoms with Gasteiger partial charge in [0.25, 0.3) is 0 Å². The number of methoxy groups -OCH3 is 1. The van der Waals surface area contributed by atoms with Crippen molar-refractivity contribution < 1.29 is 9.84 Å². The van der Waals surface area contributed by atoms with E-state index in [2.05, 4.69) is 13.0 Å². The highest BCUT2D eigenvalue weighted by molar-refractivity contribution is 5.38. The van der Waals surface area contributed by atoms with E-state index in [0.717, 1.165) is 12.2 Å². The summed E-state index contributed by atoms with van der Waals surface area (Å²) in [5, 5.41) is 9.40. The molecular weight excluding hydrogens is 176 g/mol. The lowest BCUT2D eigenvalue weighted by Crippen LogP contribution is -2.14. The summed E-state index contributed by atoms with van der Waals surface area (Å²) in [6, 6.07) is 8.01. The van der Waals surface area contributed by atoms with Gasteiger partial charge in [0.1, 0.15) is 5.75 Å². The van der Waals surface area contributed by atoms with Crippen molar-refractivity contribution in [2.75, 3.05) is 13.7 Å². The number of aliphatic hydroxyl groups excluding tert-OH is 1. The molecule has 76 valence electrons. The van der Waals surface area contributed by atoms with E-state index in [1.807, 2.05) is 18.2 Å². The monoisotopic (exact) mass is 192 g/mol. The zero-order valence-electron chi connectivity index (χ0n) is 8.66. The van der Waals surface area contributed by atoms with Crippen LogP contribution in [0.1, 0.15) is 18.9 Å². The van der Waals surface area contributed by atoms with E-state index in [4.69, 9.17) is 4.74 Å². The summed E-state index contributed by atoms with van der Waals surface area (Å²) in [6.45, 7) is 2.41. The van der Waals surface area contributed by atoms with Gasteiger partial charge in [-0.25, -0.2) is 0 Å². The van der Waals surface area contributed by atoms with Crippen LogP contribution in [0.5, 0.6) is 5.75 Å². The largest absolute Gasteiger partial charge is 0.497 e. The molecule has 0 radical (unpaired) electrons. The number of hydrogen-bond acceptors (Lipinski definition) is 2. The van der Waals surface area contributed by atoms with Gasteiger partial charge in [-0.15, -0.1) is 0 Å². The predicted molar refractivity (Wildman–Crippen MR) is 55.5 cm³/mol. The number of ether oxygens (including phenoxy) is 1. The molecule has 1 N–H and O–H groups in total. The molecule has 2 rings (SSSR count). The third-order valence-corrected chi connectivity index (χ3v) is 3.38. The number of rotatable bonds is 3. The molecule has 1 aromatic carbocycles. The van der Waals surface area contributed by atoms with E-state index in [0.29, 0.717) is 5.92 Å². The molecule has 14 heavy (non-hydrogen) atoms. The summed E-state index contributed by atoms with van der Waals surface area (Å²) in [5.41, 5.74) is 1.21. The van der Waals surface area contributed by atoms with Crippen LogP contribution in [-0.2, 0) is 5.41 Å². The van der Waals surface area contributed by atoms with Gasteiger partial charge in [0.15, 0.2) is 0 Å². The molecule has 2 heteroatoms. The maximum Gasteiger partial charge on any atom is 0.119 e. The maximum absolute atomic E-state index is 9.40. The van der Waals surface area contributed by atoms with Gasteiger partial charge in [-0.2, -0.15) is 0 Å². The molecule has 1 saturated carbocycles. The Kier molecular flexibility index (Phi) is 2.23. The van der Waals surface area contributed by atoms with Gasteiger partial charge in [0.05, 0.1) is 13.7 Å². The van der Waals surface area contributed by atoms with Crippen molar-refractivity contribution >= 4 is 0 Å². The average Bonchev–Trinajstić information content (AvgIpc) is 2.91. The molecule has 0 aromatic heterocycles. The summed E-state index contributed by atoms with van der Waals surface area (Å²) in [6.07, 6.45) is 1.08. The Labute approximate surface area is 84.5 Å². The topological polar surface area (TPSA) is 29.5 Å². The second-order valence-electron chi connectivity index (χ2n) is 4.15. The molecule has 0 saturated heterocycles. The highest BCUT2D eigenvalue weighted by Gasteiger charge is 2.51. The molecule has 2 atom stereocenters. The van der Waals surface area contributed by atoms with E-state index < -0.39 is 0 Å². The normalized spacial score (nSPS) is 30.1. The summed E-state index contributed by atoms with van der Waals surface area (Å²) >= 11 is 0. The summed E-state index contributed by atoms with van der Waals surface area (Å²) in [7, 11) is 1.67. The molecule has 1 fully saturated rings. The van der Waals surface area contributed by atoms with Gasteiger partial charge in [0, 0.05) is 5.41 Å². The highest BCUT2D eigenvalue weighted by Crippen LogP contribution is 2.53. The first-order valence-corrected chi connectivity index (χ1v) is 4.98. The molecule has 0 spiro atoms. The minimum absolute atomic E-state index is 0.00847. The third-order valence-electron chi connectivity index (χ3n) is 3.38. The average molecular weight is 192 g/mol. The van der Waals surface area contributed by atoms with E-state index in [9.17, 15) is 5.11 Å². The molecule has 1 aliphatic carbocycles. The Morgan fingerprint density at radius 3 is 2.79 bits per heavy atom. The van der Waals surface area contributed by atoms with Gasteiger partial charge in [-0.1, -0.05) is 19.1 Å². The lowest BCUT2D eigenvalue weighted by Gasteiger charge is -2.14. The molecule has 2 unspecified atom stereocenters. The Morgan fingerprint density at radius 2 is 2.29 bits per heavy atom. The van der Waals surface area contributed by atoms with Crippen LogP contribution in [-0.4, -0.2) is 18.8 Å². The van der Waals surface area contributed by atoms with Crippen LogP contribution < -0.4 is 4.74 Å². The molecule has 2 nitrogen and oxygen atoms in total. The van der Waals surface area contributed by atoms with Crippen LogP contribution in [0.15, 0.2) is 24.3 Å². The van der Waals surface area contributed by atoms with Crippen molar-refractivity contribution in [2.45, 2.75) is 18.8 Å². The SMILES string of the molecule is COc1cccc(C2(CO)CC2C)c1. The Balaban J connectivity index is 2.32. The van der Waals surface area contributed by atoms with E-state index in [-0.39, 0.29) is 12.0 Å². The van der Waals surface area contributed by atoms with Crippen molar-refractivity contribution in [3.05, 3.63) is 29.8 Å². The fourth-order valence-corrected chi connectivity index (χ4v) is 2.13. The van der Waals surface area contributed by atoms with Crippen molar-refractivity contribution in [3.63, 3.8) is 0 Å². The van der Waals surface area contributed by atoms with Crippen LogP contribution in [0.2, 0.25) is 0 Å². The predicted octanol–water partition coefficient (Wildman–Crippen LogP) is 1.97. The third kappa shape index (κ3) is 1.30. The van der Waals surface area contributed by atoms with Gasteiger partial charge < -0.3 is 9.84 Å². The summed E-state index contributed by atoms with van der Waals surface area (Å²) < 4.78 is 5.18. The van der Waals surface area contributed by atoms with Crippen LogP contribution in [0.3, 0.4) is 0 Å². The van der Waals surface area contributed by atoms with Crippen LogP contribution in [0, 0.1) is 5.92 Å². The van der Waals surface area contributed by atoms with Crippen molar-refractivity contribution in [1.29, 1.82) is 0 Å². The van der Waals surface area contributed by atoms with Crippen LogP contribution in [0.25, 0.3) is 0 Å².